The van der Waals surface area contributed by atoms with Crippen LogP contribution in [-0.4, -0.2) is 22.1 Å². The minimum absolute atomic E-state index is 0.128. The summed E-state index contributed by atoms with van der Waals surface area (Å²) in [5, 5.41) is 0.700. The number of aromatic nitrogens is 2. The van der Waals surface area contributed by atoms with Gasteiger partial charge in [-0.1, -0.05) is 20.8 Å². The smallest absolute Gasteiger partial charge is 0.328 e. The van der Waals surface area contributed by atoms with Crippen molar-refractivity contribution in [1.29, 1.82) is 0 Å². The zero-order chi connectivity index (χ0) is 18.4. The van der Waals surface area contributed by atoms with Gasteiger partial charge in [-0.15, -0.1) is 11.3 Å². The first-order valence-electron chi connectivity index (χ1n) is 8.92. The second kappa shape index (κ2) is 6.56. The number of nitrogens with zero attached hydrogens (tertiary/aromatic N) is 2. The van der Waals surface area contributed by atoms with E-state index < -0.39 is 12.0 Å². The van der Waals surface area contributed by atoms with E-state index in [4.69, 9.17) is 4.74 Å². The molecule has 2 aromatic heterocycles. The number of carbonyl (C=O) groups is 1. The van der Waals surface area contributed by atoms with E-state index in [0.717, 1.165) is 29.7 Å². The van der Waals surface area contributed by atoms with E-state index in [1.807, 2.05) is 0 Å². The highest BCUT2D eigenvalue weighted by atomic mass is 32.1. The third-order valence-corrected chi connectivity index (χ3v) is 6.43. The van der Waals surface area contributed by atoms with Gasteiger partial charge in [-0.05, 0) is 50.0 Å². The Labute approximate surface area is 152 Å². The van der Waals surface area contributed by atoms with Gasteiger partial charge in [0.05, 0.1) is 18.3 Å². The number of aryl methyl sites for hydroxylation is 1. The number of carbonyl (C=O) groups excluding carboxylic acids is 1. The maximum Gasteiger partial charge on any atom is 0.328 e. The molecule has 0 fully saturated rings. The molecule has 25 heavy (non-hydrogen) atoms. The van der Waals surface area contributed by atoms with Gasteiger partial charge in [-0.2, -0.15) is 0 Å². The van der Waals surface area contributed by atoms with Crippen molar-refractivity contribution in [2.24, 2.45) is 11.3 Å². The van der Waals surface area contributed by atoms with Crippen LogP contribution >= 0.6 is 11.3 Å². The number of ether oxygens (including phenoxy) is 1. The van der Waals surface area contributed by atoms with Gasteiger partial charge in [0.15, 0.2) is 0 Å². The zero-order valence-corrected chi connectivity index (χ0v) is 16.4. The Balaban J connectivity index is 2.04. The minimum Gasteiger partial charge on any atom is -0.464 e. The number of hydrogen-bond donors (Lipinski definition) is 0. The molecule has 2 atom stereocenters. The summed E-state index contributed by atoms with van der Waals surface area (Å²) in [6.07, 6.45) is 4.48. The first kappa shape index (κ1) is 18.1. The zero-order valence-electron chi connectivity index (χ0n) is 15.6. The second-order valence-electron chi connectivity index (χ2n) is 7.87. The molecule has 3 rings (SSSR count). The summed E-state index contributed by atoms with van der Waals surface area (Å²) in [7, 11) is 0. The predicted octanol–water partition coefficient (Wildman–Crippen LogP) is 3.73. The molecule has 0 aromatic carbocycles. The van der Waals surface area contributed by atoms with Crippen molar-refractivity contribution in [3.8, 4) is 0 Å². The summed E-state index contributed by atoms with van der Waals surface area (Å²) < 4.78 is 6.45. The molecular weight excluding hydrogens is 336 g/mol. The standard InChI is InChI=1S/C19H26N2O3S/c1-6-24-18(23)11(2)21-10-20-16-15(17(21)22)13-8-7-12(19(3,4)5)9-14(13)25-16/h10-12H,6-9H2,1-5H3. The van der Waals surface area contributed by atoms with Crippen molar-refractivity contribution >= 4 is 27.5 Å². The molecule has 0 N–H and O–H groups in total. The van der Waals surface area contributed by atoms with Crippen molar-refractivity contribution in [2.75, 3.05) is 6.61 Å². The molecule has 1 aliphatic rings. The van der Waals surface area contributed by atoms with Gasteiger partial charge in [-0.3, -0.25) is 9.36 Å². The fraction of sp³-hybridized carbons (Fsp3) is 0.632. The molecule has 0 radical (unpaired) electrons. The van der Waals surface area contributed by atoms with Gasteiger partial charge in [0.1, 0.15) is 10.9 Å². The van der Waals surface area contributed by atoms with Crippen molar-refractivity contribution < 1.29 is 9.53 Å². The average molecular weight is 362 g/mol. The molecule has 0 bridgehead atoms. The SMILES string of the molecule is CCOC(=O)C(C)n1cnc2sc3c(c2c1=O)CCC(C(C)(C)C)C3. The average Bonchev–Trinajstić information content (AvgIpc) is 2.92. The van der Waals surface area contributed by atoms with Crippen LogP contribution in [0.4, 0.5) is 0 Å². The molecule has 0 saturated carbocycles. The molecule has 2 unspecified atom stereocenters. The number of rotatable bonds is 3. The molecule has 0 aliphatic heterocycles. The quantitative estimate of drug-likeness (QED) is 0.781. The van der Waals surface area contributed by atoms with E-state index in [1.165, 1.54) is 15.8 Å². The van der Waals surface area contributed by atoms with E-state index in [1.54, 1.807) is 25.2 Å². The molecule has 0 amide bonds. The Kier molecular flexibility index (Phi) is 4.75. The fourth-order valence-electron chi connectivity index (χ4n) is 3.57. The third-order valence-electron chi connectivity index (χ3n) is 5.26. The van der Waals surface area contributed by atoms with Gasteiger partial charge in [0.25, 0.3) is 5.56 Å². The Hall–Kier alpha value is -1.69. The third kappa shape index (κ3) is 3.24. The first-order valence-corrected chi connectivity index (χ1v) is 9.73. The molecular formula is C19H26N2O3S. The van der Waals surface area contributed by atoms with Crippen molar-refractivity contribution in [1.82, 2.24) is 9.55 Å². The summed E-state index contributed by atoms with van der Waals surface area (Å²) in [4.78, 5) is 31.6. The van der Waals surface area contributed by atoms with Crippen molar-refractivity contribution in [3.05, 3.63) is 27.1 Å². The second-order valence-corrected chi connectivity index (χ2v) is 8.96. The summed E-state index contributed by atoms with van der Waals surface area (Å²) in [6.45, 7) is 10.6. The molecule has 6 heteroatoms. The summed E-state index contributed by atoms with van der Waals surface area (Å²) in [5.41, 5.74) is 1.28. The van der Waals surface area contributed by atoms with Crippen LogP contribution in [0.5, 0.6) is 0 Å². The van der Waals surface area contributed by atoms with Crippen LogP contribution in [-0.2, 0) is 22.4 Å². The van der Waals surface area contributed by atoms with Crippen molar-refractivity contribution in [2.45, 2.75) is 59.9 Å². The largest absolute Gasteiger partial charge is 0.464 e. The van der Waals surface area contributed by atoms with Crippen LogP contribution in [0.15, 0.2) is 11.1 Å². The molecule has 1 aliphatic carbocycles. The summed E-state index contributed by atoms with van der Waals surface area (Å²) in [6, 6.07) is -0.661. The van der Waals surface area contributed by atoms with Crippen LogP contribution < -0.4 is 5.56 Å². The molecule has 0 saturated heterocycles. The van der Waals surface area contributed by atoms with Crippen LogP contribution in [0.3, 0.4) is 0 Å². The van der Waals surface area contributed by atoms with E-state index in [9.17, 15) is 9.59 Å². The van der Waals surface area contributed by atoms with Gasteiger partial charge < -0.3 is 4.74 Å². The highest BCUT2D eigenvalue weighted by Crippen LogP contribution is 2.41. The fourth-order valence-corrected chi connectivity index (χ4v) is 4.83. The Morgan fingerprint density at radius 2 is 2.20 bits per heavy atom. The van der Waals surface area contributed by atoms with Crippen LogP contribution in [0.2, 0.25) is 0 Å². The lowest BCUT2D eigenvalue weighted by Gasteiger charge is -2.33. The molecule has 2 heterocycles. The number of thiophene rings is 1. The molecule has 136 valence electrons. The van der Waals surface area contributed by atoms with Crippen LogP contribution in [0.1, 0.15) is 57.5 Å². The Morgan fingerprint density at radius 3 is 2.84 bits per heavy atom. The normalized spacial score (nSPS) is 18.8. The molecule has 5 nitrogen and oxygen atoms in total. The van der Waals surface area contributed by atoms with Gasteiger partial charge in [0, 0.05) is 4.88 Å². The van der Waals surface area contributed by atoms with E-state index in [-0.39, 0.29) is 11.0 Å². The lowest BCUT2D eigenvalue weighted by atomic mass is 9.72. The lowest BCUT2D eigenvalue weighted by Crippen LogP contribution is -2.30. The Morgan fingerprint density at radius 1 is 1.48 bits per heavy atom. The van der Waals surface area contributed by atoms with Crippen molar-refractivity contribution in [3.63, 3.8) is 0 Å². The number of fused-ring (bicyclic) bond motifs is 3. The first-order chi connectivity index (χ1) is 11.7. The highest BCUT2D eigenvalue weighted by Gasteiger charge is 2.32. The van der Waals surface area contributed by atoms with E-state index >= 15 is 0 Å². The van der Waals surface area contributed by atoms with E-state index in [2.05, 4.69) is 25.8 Å². The number of hydrogen-bond acceptors (Lipinski definition) is 5. The maximum atomic E-state index is 13.0. The minimum atomic E-state index is -0.661. The van der Waals surface area contributed by atoms with E-state index in [0.29, 0.717) is 17.9 Å². The molecule has 2 aromatic rings. The number of esters is 1. The summed E-state index contributed by atoms with van der Waals surface area (Å²) in [5.74, 6) is 0.219. The highest BCUT2D eigenvalue weighted by molar-refractivity contribution is 7.18. The predicted molar refractivity (Wildman–Crippen MR) is 100 cm³/mol. The van der Waals surface area contributed by atoms with Gasteiger partial charge in [0.2, 0.25) is 0 Å². The van der Waals surface area contributed by atoms with Gasteiger partial charge >= 0.3 is 5.97 Å². The lowest BCUT2D eigenvalue weighted by molar-refractivity contribution is -0.146. The summed E-state index contributed by atoms with van der Waals surface area (Å²) >= 11 is 1.63. The topological polar surface area (TPSA) is 61.2 Å². The van der Waals surface area contributed by atoms with Crippen LogP contribution in [0, 0.1) is 11.3 Å². The Bertz CT molecular complexity index is 860. The molecule has 0 spiro atoms. The monoisotopic (exact) mass is 362 g/mol. The van der Waals surface area contributed by atoms with Crippen LogP contribution in [0.25, 0.3) is 10.2 Å². The van der Waals surface area contributed by atoms with Gasteiger partial charge in [-0.25, -0.2) is 9.78 Å². The maximum absolute atomic E-state index is 13.0.